The van der Waals surface area contributed by atoms with Gasteiger partial charge in [-0.25, -0.2) is 8.42 Å². The number of alkyl halides is 3. The Kier molecular flexibility index (Phi) is 6.05. The Bertz CT molecular complexity index is 1130. The van der Waals surface area contributed by atoms with Crippen LogP contribution in [0.3, 0.4) is 0 Å². The molecule has 5 nitrogen and oxygen atoms in total. The monoisotopic (exact) mass is 438 g/mol. The minimum absolute atomic E-state index is 0.0684. The van der Waals surface area contributed by atoms with Gasteiger partial charge in [-0.1, -0.05) is 42.0 Å². The number of hydrogen-bond donors (Lipinski definition) is 1. The Morgan fingerprint density at radius 3 is 2.07 bits per heavy atom. The van der Waals surface area contributed by atoms with Crippen LogP contribution in [0.2, 0.25) is 0 Å². The number of sulfone groups is 1. The average Bonchev–Trinajstić information content (AvgIpc) is 3.06. The van der Waals surface area contributed by atoms with Crippen LogP contribution in [0.4, 0.5) is 13.2 Å². The summed E-state index contributed by atoms with van der Waals surface area (Å²) in [6, 6.07) is 12.2. The zero-order valence-electron chi connectivity index (χ0n) is 16.4. The van der Waals surface area contributed by atoms with Gasteiger partial charge in [0.25, 0.3) is 0 Å². The van der Waals surface area contributed by atoms with Gasteiger partial charge in [0.2, 0.25) is 0 Å². The normalized spacial score (nSPS) is 12.3. The van der Waals surface area contributed by atoms with Crippen LogP contribution < -0.4 is 0 Å². The number of hydrogen-bond acceptors (Lipinski definition) is 4. The molecule has 3 aromatic rings. The van der Waals surface area contributed by atoms with Crippen molar-refractivity contribution < 1.29 is 26.7 Å². The molecule has 0 bridgehead atoms. The summed E-state index contributed by atoms with van der Waals surface area (Å²) < 4.78 is 66.4. The molecule has 0 saturated carbocycles. The van der Waals surface area contributed by atoms with Crippen LogP contribution in [-0.4, -0.2) is 36.2 Å². The Morgan fingerprint density at radius 2 is 1.57 bits per heavy atom. The first kappa shape index (κ1) is 22.0. The van der Waals surface area contributed by atoms with Crippen molar-refractivity contribution in [2.75, 3.05) is 12.9 Å². The van der Waals surface area contributed by atoms with Crippen LogP contribution in [-0.2, 0) is 22.6 Å². The number of aryl methyl sites for hydroxylation is 2. The lowest BCUT2D eigenvalue weighted by molar-refractivity contribution is -0.143. The van der Waals surface area contributed by atoms with Crippen molar-refractivity contribution in [3.05, 3.63) is 59.8 Å². The molecule has 0 fully saturated rings. The lowest BCUT2D eigenvalue weighted by Gasteiger charge is -2.13. The molecule has 0 spiro atoms. The van der Waals surface area contributed by atoms with E-state index in [0.717, 1.165) is 16.5 Å². The molecule has 0 saturated heterocycles. The zero-order valence-corrected chi connectivity index (χ0v) is 17.3. The van der Waals surface area contributed by atoms with Gasteiger partial charge in [0.05, 0.1) is 4.90 Å². The van der Waals surface area contributed by atoms with Gasteiger partial charge in [-0.3, -0.25) is 4.68 Å². The lowest BCUT2D eigenvalue weighted by Crippen LogP contribution is -2.16. The van der Waals surface area contributed by atoms with Gasteiger partial charge >= 0.3 is 6.18 Å². The van der Waals surface area contributed by atoms with Crippen molar-refractivity contribution in [2.24, 2.45) is 0 Å². The van der Waals surface area contributed by atoms with Crippen molar-refractivity contribution in [1.29, 1.82) is 0 Å². The second kappa shape index (κ2) is 8.23. The molecule has 0 aliphatic rings. The summed E-state index contributed by atoms with van der Waals surface area (Å²) in [7, 11) is -3.44. The number of aromatic nitrogens is 2. The van der Waals surface area contributed by atoms with Crippen LogP contribution >= 0.6 is 0 Å². The summed E-state index contributed by atoms with van der Waals surface area (Å²) in [5.41, 5.74) is 0.745. The Labute approximate surface area is 172 Å². The maximum Gasteiger partial charge on any atom is 0.433 e. The summed E-state index contributed by atoms with van der Waals surface area (Å²) in [5.74, 6) is 0. The van der Waals surface area contributed by atoms with Gasteiger partial charge in [0.15, 0.2) is 15.5 Å². The first-order valence-corrected chi connectivity index (χ1v) is 11.1. The lowest BCUT2D eigenvalue weighted by atomic mass is 9.98. The van der Waals surface area contributed by atoms with E-state index in [2.05, 4.69) is 5.10 Å². The fraction of sp³-hybridized carbons (Fsp3) is 0.286. The number of aliphatic hydroxyl groups excluding tert-OH is 1. The van der Waals surface area contributed by atoms with Crippen molar-refractivity contribution >= 4 is 9.84 Å². The van der Waals surface area contributed by atoms with Gasteiger partial charge in [0, 0.05) is 30.5 Å². The van der Waals surface area contributed by atoms with Crippen LogP contribution in [0.1, 0.15) is 17.7 Å². The van der Waals surface area contributed by atoms with E-state index in [9.17, 15) is 21.6 Å². The fourth-order valence-corrected chi connectivity index (χ4v) is 3.82. The maximum absolute atomic E-state index is 14.0. The third kappa shape index (κ3) is 4.57. The Morgan fingerprint density at radius 1 is 1.00 bits per heavy atom. The second-order valence-corrected chi connectivity index (χ2v) is 9.05. The molecule has 1 heterocycles. The number of aliphatic hydroxyl groups is 1. The highest BCUT2D eigenvalue weighted by Crippen LogP contribution is 2.43. The highest BCUT2D eigenvalue weighted by atomic mass is 32.2. The van der Waals surface area contributed by atoms with Gasteiger partial charge in [-0.15, -0.1) is 0 Å². The van der Waals surface area contributed by atoms with Crippen LogP contribution in [0.25, 0.3) is 22.4 Å². The number of halogens is 3. The first-order valence-electron chi connectivity index (χ1n) is 9.19. The number of benzene rings is 2. The molecule has 0 aliphatic heterocycles. The first-order chi connectivity index (χ1) is 14.0. The van der Waals surface area contributed by atoms with E-state index in [1.165, 1.54) is 24.3 Å². The quantitative estimate of drug-likeness (QED) is 0.622. The van der Waals surface area contributed by atoms with Crippen LogP contribution in [0.15, 0.2) is 53.4 Å². The van der Waals surface area contributed by atoms with E-state index in [0.29, 0.717) is 11.1 Å². The molecule has 0 radical (unpaired) electrons. The molecule has 160 valence electrons. The van der Waals surface area contributed by atoms with E-state index in [1.807, 2.05) is 6.92 Å². The van der Waals surface area contributed by atoms with Crippen LogP contribution in [0, 0.1) is 6.92 Å². The Hall–Kier alpha value is -2.65. The van der Waals surface area contributed by atoms with E-state index in [4.69, 9.17) is 5.11 Å². The zero-order chi connectivity index (χ0) is 22.1. The second-order valence-electron chi connectivity index (χ2n) is 7.03. The van der Waals surface area contributed by atoms with Crippen LogP contribution in [0.5, 0.6) is 0 Å². The largest absolute Gasteiger partial charge is 0.433 e. The minimum atomic E-state index is -4.67. The number of rotatable bonds is 6. The summed E-state index contributed by atoms with van der Waals surface area (Å²) in [6.45, 7) is 1.46. The van der Waals surface area contributed by atoms with Crippen molar-refractivity contribution in [3.63, 3.8) is 0 Å². The van der Waals surface area contributed by atoms with E-state index in [-0.39, 0.29) is 35.7 Å². The predicted molar refractivity (Wildman–Crippen MR) is 108 cm³/mol. The summed E-state index contributed by atoms with van der Waals surface area (Å²) in [4.78, 5) is 0.0684. The van der Waals surface area contributed by atoms with Gasteiger partial charge < -0.3 is 5.11 Å². The molecule has 0 amide bonds. The molecular formula is C21H21F3N2O3S. The molecule has 30 heavy (non-hydrogen) atoms. The predicted octanol–water partition coefficient (Wildman–Crippen LogP) is 4.33. The van der Waals surface area contributed by atoms with Crippen molar-refractivity contribution in [2.45, 2.75) is 31.0 Å². The van der Waals surface area contributed by atoms with Crippen molar-refractivity contribution in [1.82, 2.24) is 9.78 Å². The molecule has 3 rings (SSSR count). The summed E-state index contributed by atoms with van der Waals surface area (Å²) in [6.07, 6.45) is -3.50. The molecule has 0 aliphatic carbocycles. The smallest absolute Gasteiger partial charge is 0.396 e. The molecule has 2 aromatic carbocycles. The molecule has 0 unspecified atom stereocenters. The van der Waals surface area contributed by atoms with Gasteiger partial charge in [0.1, 0.15) is 5.69 Å². The average molecular weight is 438 g/mol. The minimum Gasteiger partial charge on any atom is -0.396 e. The van der Waals surface area contributed by atoms with E-state index < -0.39 is 21.7 Å². The summed E-state index contributed by atoms with van der Waals surface area (Å²) in [5, 5.41) is 13.3. The molecular weight excluding hydrogens is 417 g/mol. The van der Waals surface area contributed by atoms with E-state index >= 15 is 0 Å². The summed E-state index contributed by atoms with van der Waals surface area (Å²) >= 11 is 0. The highest BCUT2D eigenvalue weighted by Gasteiger charge is 2.40. The van der Waals surface area contributed by atoms with Gasteiger partial charge in [-0.2, -0.15) is 18.3 Å². The molecule has 9 heteroatoms. The molecule has 0 atom stereocenters. The highest BCUT2D eigenvalue weighted by molar-refractivity contribution is 7.90. The fourth-order valence-electron chi connectivity index (χ4n) is 3.19. The van der Waals surface area contributed by atoms with Gasteiger partial charge in [-0.05, 0) is 31.0 Å². The molecule has 1 N–H and O–H groups in total. The topological polar surface area (TPSA) is 72.2 Å². The Balaban J connectivity index is 2.28. The third-order valence-electron chi connectivity index (χ3n) is 4.65. The van der Waals surface area contributed by atoms with Crippen molar-refractivity contribution in [3.8, 4) is 22.4 Å². The standard InChI is InChI=1S/C21H21F3N2O3S/c1-14-4-6-15(7-5-14)18-19(16-8-10-17(11-9-16)30(2,28)29)25-26(12-3-13-27)20(18)21(22,23)24/h4-11,27H,3,12-13H2,1-2H3. The number of nitrogens with zero attached hydrogens (tertiary/aromatic N) is 2. The maximum atomic E-state index is 14.0. The SMILES string of the molecule is Cc1ccc(-c2c(-c3ccc(S(C)(=O)=O)cc3)nn(CCCO)c2C(F)(F)F)cc1. The van der Waals surface area contributed by atoms with E-state index in [1.54, 1.807) is 24.3 Å². The third-order valence-corrected chi connectivity index (χ3v) is 5.77. The molecule has 1 aromatic heterocycles.